The van der Waals surface area contributed by atoms with E-state index in [0.717, 1.165) is 11.0 Å². The maximum Gasteiger partial charge on any atom is 0.222 e. The molecule has 66 valence electrons. The second-order valence-electron chi connectivity index (χ2n) is 2.14. The van der Waals surface area contributed by atoms with Crippen LogP contribution in [0.1, 0.15) is 0 Å². The molecule has 0 aliphatic carbocycles. The lowest BCUT2D eigenvalue weighted by atomic mass is 10.6. The normalized spacial score (nSPS) is 9.83. The number of hydrogen-bond acceptors (Lipinski definition) is 4. The molecule has 0 radical (unpaired) electrons. The SMILES string of the molecule is COCCNc1ncc(Br)cn1. The molecule has 1 heterocycles. The lowest BCUT2D eigenvalue weighted by Crippen LogP contribution is -2.09. The first-order valence-corrected chi connectivity index (χ1v) is 4.32. The maximum atomic E-state index is 4.86. The van der Waals surface area contributed by atoms with E-state index >= 15 is 0 Å². The highest BCUT2D eigenvalue weighted by atomic mass is 79.9. The van der Waals surface area contributed by atoms with E-state index in [1.165, 1.54) is 0 Å². The molecule has 0 aromatic carbocycles. The summed E-state index contributed by atoms with van der Waals surface area (Å²) in [6.07, 6.45) is 3.39. The highest BCUT2D eigenvalue weighted by molar-refractivity contribution is 9.10. The summed E-state index contributed by atoms with van der Waals surface area (Å²) in [4.78, 5) is 8.05. The van der Waals surface area contributed by atoms with Crippen LogP contribution in [0, 0.1) is 0 Å². The fraction of sp³-hybridized carbons (Fsp3) is 0.429. The molecule has 1 N–H and O–H groups in total. The van der Waals surface area contributed by atoms with Gasteiger partial charge in [0.1, 0.15) is 0 Å². The van der Waals surface area contributed by atoms with E-state index < -0.39 is 0 Å². The van der Waals surface area contributed by atoms with Gasteiger partial charge in [-0.2, -0.15) is 0 Å². The first-order valence-electron chi connectivity index (χ1n) is 3.53. The van der Waals surface area contributed by atoms with Gasteiger partial charge in [0.15, 0.2) is 0 Å². The summed E-state index contributed by atoms with van der Waals surface area (Å²) in [7, 11) is 1.66. The molecule has 1 rings (SSSR count). The Labute approximate surface area is 79.5 Å². The average molecular weight is 232 g/mol. The molecule has 0 bridgehead atoms. The number of anilines is 1. The quantitative estimate of drug-likeness (QED) is 0.794. The second-order valence-corrected chi connectivity index (χ2v) is 3.06. The highest BCUT2D eigenvalue weighted by Crippen LogP contribution is 2.06. The van der Waals surface area contributed by atoms with Crippen molar-refractivity contribution in [2.75, 3.05) is 25.6 Å². The Morgan fingerprint density at radius 2 is 2.17 bits per heavy atom. The molecule has 4 nitrogen and oxygen atoms in total. The van der Waals surface area contributed by atoms with Crippen molar-refractivity contribution < 1.29 is 4.74 Å². The first-order chi connectivity index (χ1) is 5.83. The molecule has 0 aliphatic rings. The highest BCUT2D eigenvalue weighted by Gasteiger charge is 1.93. The van der Waals surface area contributed by atoms with E-state index in [-0.39, 0.29) is 0 Å². The standard InChI is InChI=1S/C7H10BrN3O/c1-12-3-2-9-7-10-4-6(8)5-11-7/h4-5H,2-3H2,1H3,(H,9,10,11). The van der Waals surface area contributed by atoms with Crippen LogP contribution in [0.2, 0.25) is 0 Å². The van der Waals surface area contributed by atoms with Crippen molar-refractivity contribution >= 4 is 21.9 Å². The summed E-state index contributed by atoms with van der Waals surface area (Å²) in [6.45, 7) is 1.37. The summed E-state index contributed by atoms with van der Waals surface area (Å²) in [5.41, 5.74) is 0. The topological polar surface area (TPSA) is 47.0 Å². The molecule has 0 saturated heterocycles. The van der Waals surface area contributed by atoms with Crippen LogP contribution in [0.4, 0.5) is 5.95 Å². The molecule has 0 unspecified atom stereocenters. The minimum Gasteiger partial charge on any atom is -0.383 e. The van der Waals surface area contributed by atoms with E-state index in [1.807, 2.05) is 0 Å². The van der Waals surface area contributed by atoms with Crippen LogP contribution >= 0.6 is 15.9 Å². The third kappa shape index (κ3) is 3.15. The third-order valence-corrected chi connectivity index (χ3v) is 1.62. The molecular formula is C7H10BrN3O. The molecule has 0 aliphatic heterocycles. The molecule has 0 spiro atoms. The number of ether oxygens (including phenoxy) is 1. The van der Waals surface area contributed by atoms with Crippen molar-refractivity contribution in [3.8, 4) is 0 Å². The van der Waals surface area contributed by atoms with E-state index in [2.05, 4.69) is 31.2 Å². The zero-order valence-electron chi connectivity index (χ0n) is 6.75. The Hall–Kier alpha value is -0.680. The van der Waals surface area contributed by atoms with E-state index in [0.29, 0.717) is 12.6 Å². The fourth-order valence-electron chi connectivity index (χ4n) is 0.668. The zero-order chi connectivity index (χ0) is 8.81. The monoisotopic (exact) mass is 231 g/mol. The van der Waals surface area contributed by atoms with E-state index in [9.17, 15) is 0 Å². The molecular weight excluding hydrogens is 222 g/mol. The van der Waals surface area contributed by atoms with Crippen LogP contribution in [0.3, 0.4) is 0 Å². The Balaban J connectivity index is 2.37. The minimum atomic E-state index is 0.621. The van der Waals surface area contributed by atoms with Gasteiger partial charge in [-0.05, 0) is 15.9 Å². The maximum absolute atomic E-state index is 4.86. The number of hydrogen-bond donors (Lipinski definition) is 1. The second kappa shape index (κ2) is 5.05. The van der Waals surface area contributed by atoms with Crippen LogP contribution in [0.25, 0.3) is 0 Å². The number of methoxy groups -OCH3 is 1. The van der Waals surface area contributed by atoms with Gasteiger partial charge < -0.3 is 10.1 Å². The van der Waals surface area contributed by atoms with E-state index in [4.69, 9.17) is 4.74 Å². The lowest BCUT2D eigenvalue weighted by molar-refractivity contribution is 0.210. The van der Waals surface area contributed by atoms with Crippen LogP contribution in [0.5, 0.6) is 0 Å². The molecule has 0 fully saturated rings. The van der Waals surface area contributed by atoms with Crippen LogP contribution in [-0.2, 0) is 4.74 Å². The van der Waals surface area contributed by atoms with Crippen LogP contribution in [0.15, 0.2) is 16.9 Å². The molecule has 5 heteroatoms. The number of rotatable bonds is 4. The van der Waals surface area contributed by atoms with Crippen LogP contribution in [-0.4, -0.2) is 30.2 Å². The van der Waals surface area contributed by atoms with Gasteiger partial charge >= 0.3 is 0 Å². The predicted octanol–water partition coefficient (Wildman–Crippen LogP) is 1.30. The van der Waals surface area contributed by atoms with Gasteiger partial charge in [-0.25, -0.2) is 9.97 Å². The van der Waals surface area contributed by atoms with Crippen LogP contribution < -0.4 is 5.32 Å². The first kappa shape index (κ1) is 9.41. The molecule has 12 heavy (non-hydrogen) atoms. The van der Waals surface area contributed by atoms with Gasteiger partial charge in [-0.3, -0.25) is 0 Å². The fourth-order valence-corrected chi connectivity index (χ4v) is 0.873. The smallest absolute Gasteiger partial charge is 0.222 e. The summed E-state index contributed by atoms with van der Waals surface area (Å²) in [5.74, 6) is 0.621. The molecule has 1 aromatic rings. The number of nitrogens with zero attached hydrogens (tertiary/aromatic N) is 2. The molecule has 0 saturated carbocycles. The van der Waals surface area contributed by atoms with Gasteiger partial charge in [0.2, 0.25) is 5.95 Å². The lowest BCUT2D eigenvalue weighted by Gasteiger charge is -2.02. The summed E-state index contributed by atoms with van der Waals surface area (Å²) in [6, 6.07) is 0. The van der Waals surface area contributed by atoms with Crippen molar-refractivity contribution in [3.05, 3.63) is 16.9 Å². The Morgan fingerprint density at radius 1 is 1.50 bits per heavy atom. The zero-order valence-corrected chi connectivity index (χ0v) is 8.34. The van der Waals surface area contributed by atoms with Gasteiger partial charge in [0.05, 0.1) is 11.1 Å². The van der Waals surface area contributed by atoms with Gasteiger partial charge in [0, 0.05) is 26.0 Å². The summed E-state index contributed by atoms with van der Waals surface area (Å²) in [5, 5.41) is 3.00. The van der Waals surface area contributed by atoms with E-state index in [1.54, 1.807) is 19.5 Å². The summed E-state index contributed by atoms with van der Waals surface area (Å²) < 4.78 is 5.73. The largest absolute Gasteiger partial charge is 0.383 e. The van der Waals surface area contributed by atoms with Crippen molar-refractivity contribution in [3.63, 3.8) is 0 Å². The number of aromatic nitrogens is 2. The van der Waals surface area contributed by atoms with Crippen molar-refractivity contribution in [2.45, 2.75) is 0 Å². The average Bonchev–Trinajstić information content (AvgIpc) is 2.09. The predicted molar refractivity (Wildman–Crippen MR) is 50.1 cm³/mol. The Morgan fingerprint density at radius 3 is 2.75 bits per heavy atom. The van der Waals surface area contributed by atoms with Crippen molar-refractivity contribution in [1.29, 1.82) is 0 Å². The number of nitrogens with one attached hydrogen (secondary N) is 1. The minimum absolute atomic E-state index is 0.621. The summed E-state index contributed by atoms with van der Waals surface area (Å²) >= 11 is 3.25. The molecule has 0 amide bonds. The Bertz CT molecular complexity index is 227. The van der Waals surface area contributed by atoms with Crippen molar-refractivity contribution in [1.82, 2.24) is 9.97 Å². The molecule has 0 atom stereocenters. The van der Waals surface area contributed by atoms with Gasteiger partial charge in [-0.1, -0.05) is 0 Å². The van der Waals surface area contributed by atoms with Gasteiger partial charge in [-0.15, -0.1) is 0 Å². The van der Waals surface area contributed by atoms with Gasteiger partial charge in [0.25, 0.3) is 0 Å². The molecule has 1 aromatic heterocycles. The Kier molecular flexibility index (Phi) is 3.96. The third-order valence-electron chi connectivity index (χ3n) is 1.21. The van der Waals surface area contributed by atoms with Crippen molar-refractivity contribution in [2.24, 2.45) is 0 Å². The number of halogens is 1.